The Bertz CT molecular complexity index is 923. The SMILES string of the molecule is CN(C(=O)c1cc(S(N)(=O)=O)ccc1Br)C1CCC(c2ccccc2)CC1. The van der Waals surface area contributed by atoms with Gasteiger partial charge in [0.25, 0.3) is 5.91 Å². The maximum absolute atomic E-state index is 13.0. The minimum atomic E-state index is -3.86. The third-order valence-electron chi connectivity index (χ3n) is 5.33. The molecule has 0 saturated heterocycles. The fourth-order valence-corrected chi connectivity index (χ4v) is 4.68. The molecule has 1 aliphatic carbocycles. The van der Waals surface area contributed by atoms with Gasteiger partial charge in [-0.15, -0.1) is 0 Å². The van der Waals surface area contributed by atoms with Gasteiger partial charge in [-0.2, -0.15) is 0 Å². The lowest BCUT2D eigenvalue weighted by molar-refractivity contribution is 0.0688. The first-order valence-corrected chi connectivity index (χ1v) is 11.3. The highest BCUT2D eigenvalue weighted by Gasteiger charge is 2.29. The van der Waals surface area contributed by atoms with E-state index >= 15 is 0 Å². The van der Waals surface area contributed by atoms with Crippen LogP contribution in [0.1, 0.15) is 47.5 Å². The van der Waals surface area contributed by atoms with Gasteiger partial charge in [0.2, 0.25) is 10.0 Å². The second kappa shape index (κ2) is 8.12. The van der Waals surface area contributed by atoms with Crippen LogP contribution in [-0.2, 0) is 10.0 Å². The standard InChI is InChI=1S/C20H23BrN2O3S/c1-23(16-9-7-15(8-10-16)14-5-3-2-4-6-14)20(24)18-13-17(27(22,25)26)11-12-19(18)21/h2-6,11-13,15-16H,7-10H2,1H3,(H2,22,25,26). The number of carbonyl (C=O) groups excluding carboxylic acids is 1. The quantitative estimate of drug-likeness (QED) is 0.766. The lowest BCUT2D eigenvalue weighted by Crippen LogP contribution is -2.39. The molecule has 0 atom stereocenters. The minimum absolute atomic E-state index is 0.0600. The van der Waals surface area contributed by atoms with Gasteiger partial charge in [0.1, 0.15) is 0 Å². The van der Waals surface area contributed by atoms with Crippen LogP contribution in [0.5, 0.6) is 0 Å². The van der Waals surface area contributed by atoms with Gasteiger partial charge in [-0.25, -0.2) is 13.6 Å². The number of rotatable bonds is 4. The van der Waals surface area contributed by atoms with Gasteiger partial charge in [-0.3, -0.25) is 4.79 Å². The number of hydrogen-bond donors (Lipinski definition) is 1. The largest absolute Gasteiger partial charge is 0.339 e. The molecule has 27 heavy (non-hydrogen) atoms. The van der Waals surface area contributed by atoms with E-state index in [0.717, 1.165) is 25.7 Å². The number of carbonyl (C=O) groups is 1. The summed E-state index contributed by atoms with van der Waals surface area (Å²) >= 11 is 3.35. The van der Waals surface area contributed by atoms with Crippen molar-refractivity contribution in [3.8, 4) is 0 Å². The summed E-state index contributed by atoms with van der Waals surface area (Å²) in [5, 5.41) is 5.20. The van der Waals surface area contributed by atoms with Crippen molar-refractivity contribution in [1.82, 2.24) is 4.90 Å². The van der Waals surface area contributed by atoms with E-state index in [2.05, 4.69) is 40.2 Å². The molecule has 5 nitrogen and oxygen atoms in total. The second-order valence-electron chi connectivity index (χ2n) is 7.02. The Balaban J connectivity index is 1.72. The molecular weight excluding hydrogens is 428 g/mol. The lowest BCUT2D eigenvalue weighted by Gasteiger charge is -2.35. The van der Waals surface area contributed by atoms with Crippen molar-refractivity contribution in [2.24, 2.45) is 5.14 Å². The summed E-state index contributed by atoms with van der Waals surface area (Å²) in [6.45, 7) is 0. The maximum atomic E-state index is 13.0. The topological polar surface area (TPSA) is 80.5 Å². The highest BCUT2D eigenvalue weighted by molar-refractivity contribution is 9.10. The Labute approximate surface area is 168 Å². The van der Waals surface area contributed by atoms with Crippen LogP contribution in [0.15, 0.2) is 57.9 Å². The smallest absolute Gasteiger partial charge is 0.255 e. The van der Waals surface area contributed by atoms with Crippen molar-refractivity contribution in [2.75, 3.05) is 7.05 Å². The number of amides is 1. The van der Waals surface area contributed by atoms with Crippen LogP contribution in [0.2, 0.25) is 0 Å². The summed E-state index contributed by atoms with van der Waals surface area (Å²) in [5.74, 6) is 0.332. The summed E-state index contributed by atoms with van der Waals surface area (Å²) in [5.41, 5.74) is 1.67. The third-order valence-corrected chi connectivity index (χ3v) is 6.94. The van der Waals surface area contributed by atoms with E-state index in [1.54, 1.807) is 18.0 Å². The first-order valence-electron chi connectivity index (χ1n) is 8.92. The van der Waals surface area contributed by atoms with Crippen molar-refractivity contribution in [2.45, 2.75) is 42.5 Å². The molecule has 7 heteroatoms. The van der Waals surface area contributed by atoms with Crippen LogP contribution in [0, 0.1) is 0 Å². The van der Waals surface area contributed by atoms with E-state index < -0.39 is 10.0 Å². The molecule has 0 unspecified atom stereocenters. The van der Waals surface area contributed by atoms with Crippen LogP contribution < -0.4 is 5.14 Å². The van der Waals surface area contributed by atoms with Crippen LogP contribution in [0.3, 0.4) is 0 Å². The first kappa shape index (κ1) is 20.0. The molecule has 1 aliphatic rings. The maximum Gasteiger partial charge on any atom is 0.255 e. The summed E-state index contributed by atoms with van der Waals surface area (Å²) in [7, 11) is -2.07. The van der Waals surface area contributed by atoms with E-state index in [0.29, 0.717) is 16.0 Å². The molecule has 0 heterocycles. The van der Waals surface area contributed by atoms with Crippen LogP contribution in [-0.4, -0.2) is 32.3 Å². The monoisotopic (exact) mass is 450 g/mol. The first-order chi connectivity index (χ1) is 12.8. The Morgan fingerprint density at radius 2 is 1.70 bits per heavy atom. The van der Waals surface area contributed by atoms with Crippen molar-refractivity contribution >= 4 is 31.9 Å². The second-order valence-corrected chi connectivity index (χ2v) is 9.43. The van der Waals surface area contributed by atoms with E-state index in [9.17, 15) is 13.2 Å². The number of hydrogen-bond acceptors (Lipinski definition) is 3. The molecule has 1 amide bonds. The molecule has 0 spiro atoms. The Morgan fingerprint density at radius 1 is 1.07 bits per heavy atom. The third kappa shape index (κ3) is 4.59. The predicted molar refractivity (Wildman–Crippen MR) is 109 cm³/mol. The normalized spacial score (nSPS) is 20.3. The lowest BCUT2D eigenvalue weighted by atomic mass is 9.81. The highest BCUT2D eigenvalue weighted by atomic mass is 79.9. The van der Waals surface area contributed by atoms with Crippen LogP contribution in [0.25, 0.3) is 0 Å². The Morgan fingerprint density at radius 3 is 2.30 bits per heavy atom. The molecule has 0 radical (unpaired) electrons. The number of halogens is 1. The molecule has 2 aromatic carbocycles. The zero-order valence-corrected chi connectivity index (χ0v) is 17.5. The zero-order valence-electron chi connectivity index (χ0n) is 15.1. The van der Waals surface area contributed by atoms with E-state index in [-0.39, 0.29) is 16.8 Å². The van der Waals surface area contributed by atoms with E-state index in [4.69, 9.17) is 5.14 Å². The van der Waals surface area contributed by atoms with Gasteiger partial charge in [-0.05, 0) is 71.3 Å². The number of nitrogens with zero attached hydrogens (tertiary/aromatic N) is 1. The van der Waals surface area contributed by atoms with Gasteiger partial charge in [0, 0.05) is 17.6 Å². The molecule has 0 aliphatic heterocycles. The average Bonchev–Trinajstić information content (AvgIpc) is 2.67. The van der Waals surface area contributed by atoms with Crippen LogP contribution >= 0.6 is 15.9 Å². The molecule has 1 fully saturated rings. The summed E-state index contributed by atoms with van der Waals surface area (Å²) in [6.07, 6.45) is 3.91. The summed E-state index contributed by atoms with van der Waals surface area (Å²) in [4.78, 5) is 14.6. The molecule has 144 valence electrons. The van der Waals surface area contributed by atoms with E-state index in [1.165, 1.54) is 17.7 Å². The number of sulfonamides is 1. The number of benzene rings is 2. The summed E-state index contributed by atoms with van der Waals surface area (Å²) < 4.78 is 23.8. The molecule has 1 saturated carbocycles. The van der Waals surface area contributed by atoms with Gasteiger partial charge in [0.05, 0.1) is 10.5 Å². The van der Waals surface area contributed by atoms with Crippen LogP contribution in [0.4, 0.5) is 0 Å². The van der Waals surface area contributed by atoms with Crippen molar-refractivity contribution < 1.29 is 13.2 Å². The number of primary sulfonamides is 1. The molecule has 2 aromatic rings. The molecule has 0 aromatic heterocycles. The Hall–Kier alpha value is -1.70. The fourth-order valence-electron chi connectivity index (χ4n) is 3.72. The average molecular weight is 451 g/mol. The zero-order chi connectivity index (χ0) is 19.6. The van der Waals surface area contributed by atoms with Crippen molar-refractivity contribution in [3.05, 3.63) is 64.1 Å². The van der Waals surface area contributed by atoms with Crippen molar-refractivity contribution in [1.29, 1.82) is 0 Å². The van der Waals surface area contributed by atoms with Gasteiger partial charge < -0.3 is 4.90 Å². The highest BCUT2D eigenvalue weighted by Crippen LogP contribution is 2.35. The van der Waals surface area contributed by atoms with E-state index in [1.807, 2.05) is 6.07 Å². The van der Waals surface area contributed by atoms with Gasteiger partial charge in [-0.1, -0.05) is 30.3 Å². The molecule has 0 bridgehead atoms. The minimum Gasteiger partial charge on any atom is -0.339 e. The van der Waals surface area contributed by atoms with Gasteiger partial charge >= 0.3 is 0 Å². The predicted octanol–water partition coefficient (Wildman–Crippen LogP) is 3.89. The Kier molecular flexibility index (Phi) is 6.03. The molecule has 2 N–H and O–H groups in total. The molecule has 3 rings (SSSR count). The van der Waals surface area contributed by atoms with Gasteiger partial charge in [0.15, 0.2) is 0 Å². The summed E-state index contributed by atoms with van der Waals surface area (Å²) in [6, 6.07) is 14.9. The fraction of sp³-hybridized carbons (Fsp3) is 0.350. The number of nitrogens with two attached hydrogens (primary N) is 1. The van der Waals surface area contributed by atoms with Crippen molar-refractivity contribution in [3.63, 3.8) is 0 Å². The molecular formula is C20H23BrN2O3S.